The van der Waals surface area contributed by atoms with Crippen LogP contribution in [0.2, 0.25) is 0 Å². The fourth-order valence-corrected chi connectivity index (χ4v) is 5.01. The topological polar surface area (TPSA) is 37.3 Å². The van der Waals surface area contributed by atoms with Crippen molar-refractivity contribution >= 4 is 5.97 Å². The standard InChI is InChI=1S/C32H62O2/c1-7-8-9-10-11-12-13-14-24-31(32(33)34)26-25-30(6)23-17-22-29(5)21-16-20-28(4)19-15-18-27(2)3/h24,27-30H,7-23,25-26H2,1-6H3,(H,33,34)/b31-24+. The van der Waals surface area contributed by atoms with Crippen LogP contribution in [0.3, 0.4) is 0 Å². The second-order valence-electron chi connectivity index (χ2n) is 12.0. The predicted molar refractivity (Wildman–Crippen MR) is 151 cm³/mol. The Morgan fingerprint density at radius 3 is 1.53 bits per heavy atom. The fraction of sp³-hybridized carbons (Fsp3) is 0.906. The van der Waals surface area contributed by atoms with Crippen molar-refractivity contribution in [3.8, 4) is 0 Å². The Morgan fingerprint density at radius 1 is 0.618 bits per heavy atom. The summed E-state index contributed by atoms with van der Waals surface area (Å²) in [6.07, 6.45) is 25.8. The molecule has 0 radical (unpaired) electrons. The molecule has 0 aliphatic heterocycles. The lowest BCUT2D eigenvalue weighted by atomic mass is 9.90. The van der Waals surface area contributed by atoms with Crippen LogP contribution >= 0.6 is 0 Å². The van der Waals surface area contributed by atoms with Gasteiger partial charge in [0.15, 0.2) is 0 Å². The molecule has 34 heavy (non-hydrogen) atoms. The van der Waals surface area contributed by atoms with E-state index in [9.17, 15) is 9.90 Å². The van der Waals surface area contributed by atoms with E-state index < -0.39 is 5.97 Å². The highest BCUT2D eigenvalue weighted by Gasteiger charge is 2.11. The van der Waals surface area contributed by atoms with Gasteiger partial charge < -0.3 is 5.11 Å². The molecule has 0 fully saturated rings. The van der Waals surface area contributed by atoms with Gasteiger partial charge in [-0.2, -0.15) is 0 Å². The summed E-state index contributed by atoms with van der Waals surface area (Å²) in [4.78, 5) is 11.6. The molecule has 0 aromatic carbocycles. The molecular formula is C32H62O2. The first-order chi connectivity index (χ1) is 16.3. The summed E-state index contributed by atoms with van der Waals surface area (Å²) in [7, 11) is 0. The molecule has 0 bridgehead atoms. The van der Waals surface area contributed by atoms with Gasteiger partial charge in [0.25, 0.3) is 0 Å². The summed E-state index contributed by atoms with van der Waals surface area (Å²) in [6.45, 7) is 14.1. The summed E-state index contributed by atoms with van der Waals surface area (Å²) in [5.41, 5.74) is 0.647. The van der Waals surface area contributed by atoms with E-state index in [4.69, 9.17) is 0 Å². The van der Waals surface area contributed by atoms with Crippen LogP contribution in [0.5, 0.6) is 0 Å². The molecule has 2 nitrogen and oxygen atoms in total. The number of carboxylic acids is 1. The molecule has 0 aromatic heterocycles. The van der Waals surface area contributed by atoms with E-state index in [1.807, 2.05) is 6.08 Å². The van der Waals surface area contributed by atoms with Gasteiger partial charge in [0, 0.05) is 5.57 Å². The van der Waals surface area contributed by atoms with Crippen molar-refractivity contribution in [1.29, 1.82) is 0 Å². The number of carboxylic acid groups (broad SMARTS) is 1. The Hall–Kier alpha value is -0.790. The molecule has 0 heterocycles. The van der Waals surface area contributed by atoms with Crippen molar-refractivity contribution in [1.82, 2.24) is 0 Å². The van der Waals surface area contributed by atoms with Gasteiger partial charge in [-0.05, 0) is 49.4 Å². The van der Waals surface area contributed by atoms with Gasteiger partial charge in [0.05, 0.1) is 0 Å². The molecule has 0 spiro atoms. The predicted octanol–water partition coefficient (Wildman–Crippen LogP) is 11.0. The highest BCUT2D eigenvalue weighted by atomic mass is 16.4. The van der Waals surface area contributed by atoms with Crippen LogP contribution in [0.25, 0.3) is 0 Å². The van der Waals surface area contributed by atoms with Crippen molar-refractivity contribution in [2.24, 2.45) is 23.7 Å². The third kappa shape index (κ3) is 21.7. The van der Waals surface area contributed by atoms with Gasteiger partial charge in [-0.15, -0.1) is 0 Å². The first kappa shape index (κ1) is 33.2. The average molecular weight is 479 g/mol. The first-order valence-corrected chi connectivity index (χ1v) is 15.2. The second-order valence-corrected chi connectivity index (χ2v) is 12.0. The lowest BCUT2D eigenvalue weighted by Gasteiger charge is -2.16. The first-order valence-electron chi connectivity index (χ1n) is 15.2. The zero-order valence-electron chi connectivity index (χ0n) is 24.2. The minimum atomic E-state index is -0.706. The number of hydrogen-bond donors (Lipinski definition) is 1. The molecule has 1 N–H and O–H groups in total. The van der Waals surface area contributed by atoms with Crippen LogP contribution in [0, 0.1) is 23.7 Å². The molecular weight excluding hydrogens is 416 g/mol. The molecule has 3 atom stereocenters. The van der Waals surface area contributed by atoms with Gasteiger partial charge >= 0.3 is 5.97 Å². The smallest absolute Gasteiger partial charge is 0.331 e. The Balaban J connectivity index is 3.89. The van der Waals surface area contributed by atoms with Crippen molar-refractivity contribution in [3.05, 3.63) is 11.6 Å². The minimum absolute atomic E-state index is 0.620. The van der Waals surface area contributed by atoms with Crippen LogP contribution in [-0.2, 0) is 4.79 Å². The number of allylic oxidation sites excluding steroid dienone is 1. The van der Waals surface area contributed by atoms with E-state index in [1.54, 1.807) is 0 Å². The third-order valence-electron chi connectivity index (χ3n) is 7.65. The van der Waals surface area contributed by atoms with Crippen LogP contribution in [0.4, 0.5) is 0 Å². The molecule has 0 saturated heterocycles. The molecule has 0 rings (SSSR count). The zero-order valence-corrected chi connectivity index (χ0v) is 24.2. The van der Waals surface area contributed by atoms with E-state index in [0.717, 1.165) is 43.4 Å². The van der Waals surface area contributed by atoms with E-state index in [0.29, 0.717) is 11.5 Å². The lowest BCUT2D eigenvalue weighted by Crippen LogP contribution is -2.05. The SMILES string of the molecule is CCCCCCCCC/C=C(\CCC(C)CCCC(C)CCCC(C)CCCC(C)C)C(=O)O. The van der Waals surface area contributed by atoms with Gasteiger partial charge in [-0.1, -0.05) is 144 Å². The number of unbranched alkanes of at least 4 members (excludes halogenated alkanes) is 7. The number of aliphatic carboxylic acids is 1. The van der Waals surface area contributed by atoms with Gasteiger partial charge in [0.1, 0.15) is 0 Å². The number of hydrogen-bond acceptors (Lipinski definition) is 1. The zero-order chi connectivity index (χ0) is 25.6. The molecule has 0 aliphatic rings. The number of rotatable bonds is 24. The maximum atomic E-state index is 11.6. The Morgan fingerprint density at radius 2 is 1.06 bits per heavy atom. The highest BCUT2D eigenvalue weighted by molar-refractivity contribution is 5.86. The average Bonchev–Trinajstić information content (AvgIpc) is 2.77. The molecule has 202 valence electrons. The van der Waals surface area contributed by atoms with Gasteiger partial charge in [-0.25, -0.2) is 4.79 Å². The molecule has 2 heteroatoms. The molecule has 0 aromatic rings. The minimum Gasteiger partial charge on any atom is -0.478 e. The third-order valence-corrected chi connectivity index (χ3v) is 7.65. The normalized spacial score (nSPS) is 15.0. The summed E-state index contributed by atoms with van der Waals surface area (Å²) >= 11 is 0. The van der Waals surface area contributed by atoms with Crippen molar-refractivity contribution in [2.45, 2.75) is 164 Å². The van der Waals surface area contributed by atoms with Crippen LogP contribution in [-0.4, -0.2) is 11.1 Å². The van der Waals surface area contributed by atoms with Gasteiger partial charge in [-0.3, -0.25) is 0 Å². The number of carbonyl (C=O) groups is 1. The quantitative estimate of drug-likeness (QED) is 0.111. The van der Waals surface area contributed by atoms with Crippen molar-refractivity contribution in [3.63, 3.8) is 0 Å². The van der Waals surface area contributed by atoms with Crippen molar-refractivity contribution < 1.29 is 9.90 Å². The largest absolute Gasteiger partial charge is 0.478 e. The Kier molecular flexibility index (Phi) is 22.1. The fourth-order valence-electron chi connectivity index (χ4n) is 5.01. The van der Waals surface area contributed by atoms with Gasteiger partial charge in [0.2, 0.25) is 0 Å². The second kappa shape index (κ2) is 22.7. The van der Waals surface area contributed by atoms with E-state index >= 15 is 0 Å². The van der Waals surface area contributed by atoms with E-state index in [1.165, 1.54) is 96.3 Å². The summed E-state index contributed by atoms with van der Waals surface area (Å²) in [5.74, 6) is 2.47. The summed E-state index contributed by atoms with van der Waals surface area (Å²) < 4.78 is 0. The molecule has 0 saturated carbocycles. The van der Waals surface area contributed by atoms with Crippen LogP contribution < -0.4 is 0 Å². The van der Waals surface area contributed by atoms with Crippen LogP contribution in [0.1, 0.15) is 164 Å². The Labute approximate surface area is 214 Å². The molecule has 0 amide bonds. The lowest BCUT2D eigenvalue weighted by molar-refractivity contribution is -0.132. The summed E-state index contributed by atoms with van der Waals surface area (Å²) in [5, 5.41) is 9.56. The molecule has 0 aliphatic carbocycles. The van der Waals surface area contributed by atoms with Crippen molar-refractivity contribution in [2.75, 3.05) is 0 Å². The van der Waals surface area contributed by atoms with Crippen LogP contribution in [0.15, 0.2) is 11.6 Å². The highest BCUT2D eigenvalue weighted by Crippen LogP contribution is 2.24. The monoisotopic (exact) mass is 478 g/mol. The summed E-state index contributed by atoms with van der Waals surface area (Å²) in [6, 6.07) is 0. The maximum Gasteiger partial charge on any atom is 0.331 e. The maximum absolute atomic E-state index is 11.6. The van der Waals surface area contributed by atoms with E-state index in [2.05, 4.69) is 41.5 Å². The van der Waals surface area contributed by atoms with E-state index in [-0.39, 0.29) is 0 Å². The molecule has 3 unspecified atom stereocenters. The Bertz CT molecular complexity index is 493.